The maximum absolute atomic E-state index is 11.0. The van der Waals surface area contributed by atoms with Crippen molar-refractivity contribution in [2.45, 2.75) is 12.8 Å². The van der Waals surface area contributed by atoms with Gasteiger partial charge in [0.2, 0.25) is 5.91 Å². The Bertz CT molecular complexity index is 413. The number of nitrogens with two attached hydrogens (primary N) is 2. The molecule has 0 spiro atoms. The molecule has 0 heterocycles. The summed E-state index contributed by atoms with van der Waals surface area (Å²) in [6, 6.07) is 5.22. The van der Waals surface area contributed by atoms with Crippen molar-refractivity contribution in [2.24, 2.45) is 11.7 Å². The van der Waals surface area contributed by atoms with Crippen molar-refractivity contribution in [3.63, 3.8) is 0 Å². The monoisotopic (exact) mass is 219 g/mol. The molecule has 16 heavy (non-hydrogen) atoms. The first-order chi connectivity index (χ1) is 7.58. The summed E-state index contributed by atoms with van der Waals surface area (Å²) in [5, 5.41) is 0. The number of amides is 1. The maximum Gasteiger partial charge on any atom is 0.248 e. The van der Waals surface area contributed by atoms with Crippen LogP contribution in [0.2, 0.25) is 0 Å². The molecule has 4 nitrogen and oxygen atoms in total. The summed E-state index contributed by atoms with van der Waals surface area (Å²) >= 11 is 0. The summed E-state index contributed by atoms with van der Waals surface area (Å²) in [6.45, 7) is 1.03. The number of nitrogen functional groups attached to an aromatic ring is 1. The molecule has 0 aliphatic heterocycles. The Morgan fingerprint density at radius 1 is 1.50 bits per heavy atom. The highest BCUT2D eigenvalue weighted by Crippen LogP contribution is 2.32. The molecule has 0 saturated heterocycles. The summed E-state index contributed by atoms with van der Waals surface area (Å²) < 4.78 is 0. The molecule has 0 aromatic heterocycles. The number of benzene rings is 1. The van der Waals surface area contributed by atoms with Crippen molar-refractivity contribution in [3.8, 4) is 0 Å². The molecular formula is C12H17N3O. The van der Waals surface area contributed by atoms with E-state index in [0.717, 1.165) is 18.2 Å². The van der Waals surface area contributed by atoms with Gasteiger partial charge in [0.05, 0.1) is 11.4 Å². The number of hydrogen-bond acceptors (Lipinski definition) is 3. The second-order valence-corrected chi connectivity index (χ2v) is 4.46. The third kappa shape index (κ3) is 2.27. The summed E-state index contributed by atoms with van der Waals surface area (Å²) in [5.74, 6) is 0.364. The second kappa shape index (κ2) is 4.04. The maximum atomic E-state index is 11.0. The van der Waals surface area contributed by atoms with E-state index in [9.17, 15) is 4.79 Å². The second-order valence-electron chi connectivity index (χ2n) is 4.46. The Kier molecular flexibility index (Phi) is 2.73. The fourth-order valence-corrected chi connectivity index (χ4v) is 1.84. The van der Waals surface area contributed by atoms with Gasteiger partial charge in [-0.25, -0.2) is 0 Å². The normalized spacial score (nSPS) is 14.8. The summed E-state index contributed by atoms with van der Waals surface area (Å²) in [7, 11) is 2.02. The van der Waals surface area contributed by atoms with Gasteiger partial charge in [-0.2, -0.15) is 0 Å². The first-order valence-electron chi connectivity index (χ1n) is 5.48. The van der Waals surface area contributed by atoms with Crippen LogP contribution in [-0.2, 0) is 0 Å². The van der Waals surface area contributed by atoms with Gasteiger partial charge in [-0.15, -0.1) is 0 Å². The number of rotatable bonds is 4. The van der Waals surface area contributed by atoms with Crippen molar-refractivity contribution >= 4 is 17.3 Å². The first-order valence-corrected chi connectivity index (χ1v) is 5.48. The van der Waals surface area contributed by atoms with Gasteiger partial charge in [-0.05, 0) is 37.0 Å². The van der Waals surface area contributed by atoms with Gasteiger partial charge in [0.15, 0.2) is 0 Å². The minimum absolute atomic E-state index is 0.442. The van der Waals surface area contributed by atoms with Crippen molar-refractivity contribution in [1.29, 1.82) is 0 Å². The molecule has 1 aliphatic carbocycles. The lowest BCUT2D eigenvalue weighted by Gasteiger charge is -2.21. The Morgan fingerprint density at radius 2 is 2.19 bits per heavy atom. The van der Waals surface area contributed by atoms with E-state index in [1.165, 1.54) is 12.8 Å². The SMILES string of the molecule is CN(CC1CC1)c1ccc(C(N)=O)cc1N. The molecular weight excluding hydrogens is 202 g/mol. The van der Waals surface area contributed by atoms with Crippen LogP contribution >= 0.6 is 0 Å². The molecule has 0 unspecified atom stereocenters. The van der Waals surface area contributed by atoms with Crippen molar-refractivity contribution < 1.29 is 4.79 Å². The predicted octanol–water partition coefficient (Wildman–Crippen LogP) is 1.21. The molecule has 1 fully saturated rings. The third-order valence-corrected chi connectivity index (χ3v) is 2.95. The van der Waals surface area contributed by atoms with Crippen LogP contribution in [-0.4, -0.2) is 19.5 Å². The lowest BCUT2D eigenvalue weighted by atomic mass is 10.1. The molecule has 0 bridgehead atoms. The molecule has 4 heteroatoms. The number of carbonyl (C=O) groups is 1. The molecule has 86 valence electrons. The lowest BCUT2D eigenvalue weighted by Crippen LogP contribution is -2.21. The Labute approximate surface area is 95.2 Å². The Balaban J connectivity index is 2.17. The largest absolute Gasteiger partial charge is 0.397 e. The highest BCUT2D eigenvalue weighted by atomic mass is 16.1. The van der Waals surface area contributed by atoms with Crippen molar-refractivity contribution in [3.05, 3.63) is 23.8 Å². The van der Waals surface area contributed by atoms with Crippen LogP contribution in [0.4, 0.5) is 11.4 Å². The molecule has 1 aromatic carbocycles. The fourth-order valence-electron chi connectivity index (χ4n) is 1.84. The van der Waals surface area contributed by atoms with E-state index >= 15 is 0 Å². The standard InChI is InChI=1S/C12H17N3O/c1-15(7-8-2-3-8)11-5-4-9(12(14)16)6-10(11)13/h4-6,8H,2-3,7,13H2,1H3,(H2,14,16). The minimum atomic E-state index is -0.442. The van der Waals surface area contributed by atoms with Gasteiger partial charge in [0, 0.05) is 19.2 Å². The van der Waals surface area contributed by atoms with Gasteiger partial charge in [-0.3, -0.25) is 4.79 Å². The van der Waals surface area contributed by atoms with Gasteiger partial charge in [0.25, 0.3) is 0 Å². The molecule has 4 N–H and O–H groups in total. The van der Waals surface area contributed by atoms with Gasteiger partial charge >= 0.3 is 0 Å². The Morgan fingerprint density at radius 3 is 2.69 bits per heavy atom. The number of primary amides is 1. The number of nitrogens with zero attached hydrogens (tertiary/aromatic N) is 1. The Hall–Kier alpha value is -1.71. The smallest absolute Gasteiger partial charge is 0.248 e. The number of carbonyl (C=O) groups excluding carboxylic acids is 1. The quantitative estimate of drug-likeness (QED) is 0.748. The molecule has 1 saturated carbocycles. The highest BCUT2D eigenvalue weighted by molar-refractivity contribution is 5.94. The molecule has 0 radical (unpaired) electrons. The van der Waals surface area contributed by atoms with E-state index in [0.29, 0.717) is 11.3 Å². The van der Waals surface area contributed by atoms with Gasteiger partial charge in [-0.1, -0.05) is 0 Å². The summed E-state index contributed by atoms with van der Waals surface area (Å²) in [4.78, 5) is 13.1. The zero-order chi connectivity index (χ0) is 11.7. The molecule has 1 aromatic rings. The topological polar surface area (TPSA) is 72.3 Å². The highest BCUT2D eigenvalue weighted by Gasteiger charge is 2.23. The zero-order valence-corrected chi connectivity index (χ0v) is 9.44. The minimum Gasteiger partial charge on any atom is -0.397 e. The number of anilines is 2. The van der Waals surface area contributed by atoms with E-state index in [-0.39, 0.29) is 0 Å². The van der Waals surface area contributed by atoms with E-state index in [2.05, 4.69) is 4.90 Å². The van der Waals surface area contributed by atoms with Crippen LogP contribution in [0.5, 0.6) is 0 Å². The average molecular weight is 219 g/mol. The molecule has 1 aliphatic rings. The first kappa shape index (κ1) is 10.8. The van der Waals surface area contributed by atoms with Crippen LogP contribution in [0.1, 0.15) is 23.2 Å². The van der Waals surface area contributed by atoms with E-state index in [4.69, 9.17) is 11.5 Å². The van der Waals surface area contributed by atoms with Gasteiger partial charge < -0.3 is 16.4 Å². The third-order valence-electron chi connectivity index (χ3n) is 2.95. The molecule has 1 amide bonds. The molecule has 2 rings (SSSR count). The van der Waals surface area contributed by atoms with E-state index in [1.54, 1.807) is 12.1 Å². The average Bonchev–Trinajstić information content (AvgIpc) is 3.01. The fraction of sp³-hybridized carbons (Fsp3) is 0.417. The molecule has 0 atom stereocenters. The predicted molar refractivity (Wildman–Crippen MR) is 65.4 cm³/mol. The van der Waals surface area contributed by atoms with Crippen LogP contribution in [0.25, 0.3) is 0 Å². The number of hydrogen-bond donors (Lipinski definition) is 2. The van der Waals surface area contributed by atoms with Crippen LogP contribution in [0.3, 0.4) is 0 Å². The zero-order valence-electron chi connectivity index (χ0n) is 9.44. The van der Waals surface area contributed by atoms with Crippen molar-refractivity contribution in [1.82, 2.24) is 0 Å². The van der Waals surface area contributed by atoms with Gasteiger partial charge in [0.1, 0.15) is 0 Å². The van der Waals surface area contributed by atoms with Crippen molar-refractivity contribution in [2.75, 3.05) is 24.2 Å². The summed E-state index contributed by atoms with van der Waals surface area (Å²) in [6.07, 6.45) is 2.62. The van der Waals surface area contributed by atoms with Crippen LogP contribution in [0.15, 0.2) is 18.2 Å². The van der Waals surface area contributed by atoms with Crippen LogP contribution in [0, 0.1) is 5.92 Å². The van der Waals surface area contributed by atoms with E-state index in [1.807, 2.05) is 13.1 Å². The van der Waals surface area contributed by atoms with Crippen LogP contribution < -0.4 is 16.4 Å². The van der Waals surface area contributed by atoms with E-state index < -0.39 is 5.91 Å². The summed E-state index contributed by atoms with van der Waals surface area (Å²) in [5.41, 5.74) is 13.1. The lowest BCUT2D eigenvalue weighted by molar-refractivity contribution is 0.100.